The molecule has 3 rings (SSSR count). The zero-order valence-corrected chi connectivity index (χ0v) is 10.2. The molecule has 7 heteroatoms. The summed E-state index contributed by atoms with van der Waals surface area (Å²) in [5.41, 5.74) is 5.22. The lowest BCUT2D eigenvalue weighted by Gasteiger charge is -2.11. The molecule has 100 valence electrons. The fraction of sp³-hybridized carbons (Fsp3) is 0.900. The predicted molar refractivity (Wildman–Crippen MR) is 66.8 cm³/mol. The van der Waals surface area contributed by atoms with Gasteiger partial charge >= 0.3 is 0 Å². The van der Waals surface area contributed by atoms with Gasteiger partial charge in [-0.3, -0.25) is 15.3 Å². The topological polar surface area (TPSA) is 78.9 Å². The molecule has 0 aromatic rings. The molecule has 0 aromatic heterocycles. The molecular formula is C10H23N5O2. The van der Waals surface area contributed by atoms with Crippen LogP contribution in [0.15, 0.2) is 4.99 Å². The van der Waals surface area contributed by atoms with Gasteiger partial charge in [-0.15, -0.1) is 0 Å². The third kappa shape index (κ3) is 10.2. The van der Waals surface area contributed by atoms with Crippen LogP contribution in [-0.4, -0.2) is 58.8 Å². The molecule has 0 radical (unpaired) electrons. The zero-order chi connectivity index (χ0) is 12.0. The summed E-state index contributed by atoms with van der Waals surface area (Å²) < 4.78 is 0. The van der Waals surface area contributed by atoms with Crippen molar-refractivity contribution in [1.82, 2.24) is 21.6 Å². The largest absolute Gasteiger partial charge is 0.314 e. The van der Waals surface area contributed by atoms with E-state index in [4.69, 9.17) is 4.84 Å². The minimum Gasteiger partial charge on any atom is -0.314 e. The first-order chi connectivity index (χ1) is 8.50. The number of piperazine rings is 1. The average Bonchev–Trinajstić information content (AvgIpc) is 3.03. The molecule has 0 aromatic carbocycles. The van der Waals surface area contributed by atoms with Crippen molar-refractivity contribution in [3.05, 3.63) is 0 Å². The quantitative estimate of drug-likeness (QED) is 0.422. The van der Waals surface area contributed by atoms with Crippen molar-refractivity contribution in [2.75, 3.05) is 52.5 Å². The Balaban J connectivity index is 0.000000128. The van der Waals surface area contributed by atoms with Crippen molar-refractivity contribution >= 4 is 6.34 Å². The molecule has 3 heterocycles. The van der Waals surface area contributed by atoms with Gasteiger partial charge in [0.25, 0.3) is 0 Å². The normalized spacial score (nSPS) is 22.6. The van der Waals surface area contributed by atoms with Gasteiger partial charge in [0.15, 0.2) is 0 Å². The molecule has 0 bridgehead atoms. The van der Waals surface area contributed by atoms with Gasteiger partial charge in [-0.2, -0.15) is 0 Å². The minimum absolute atomic E-state index is 0.691. The smallest absolute Gasteiger partial charge is 0.107 e. The number of hydroxylamine groups is 2. The second-order valence-electron chi connectivity index (χ2n) is 3.60. The fourth-order valence-corrected chi connectivity index (χ4v) is 1.26. The van der Waals surface area contributed by atoms with Gasteiger partial charge in [-0.05, 0) is 6.42 Å². The van der Waals surface area contributed by atoms with Crippen LogP contribution in [0.5, 0.6) is 0 Å². The van der Waals surface area contributed by atoms with E-state index in [-0.39, 0.29) is 0 Å². The molecule has 2 fully saturated rings. The first-order valence-corrected chi connectivity index (χ1v) is 6.12. The second kappa shape index (κ2) is 11.7. The van der Waals surface area contributed by atoms with Crippen molar-refractivity contribution < 1.29 is 9.68 Å². The molecule has 0 unspecified atom stereocenters. The van der Waals surface area contributed by atoms with Crippen LogP contribution in [0.1, 0.15) is 6.42 Å². The van der Waals surface area contributed by atoms with Gasteiger partial charge in [0, 0.05) is 32.7 Å². The Morgan fingerprint density at radius 1 is 0.882 bits per heavy atom. The van der Waals surface area contributed by atoms with Crippen LogP contribution in [0, 0.1) is 0 Å². The molecular weight excluding hydrogens is 222 g/mol. The van der Waals surface area contributed by atoms with Gasteiger partial charge < -0.3 is 15.5 Å². The minimum atomic E-state index is 0.691. The molecule has 2 saturated heterocycles. The number of rotatable bonds is 0. The SMILES string of the molecule is C1=NCCON1.C1CNCCN1.C1CNOC1. The monoisotopic (exact) mass is 245 g/mol. The first-order valence-electron chi connectivity index (χ1n) is 6.12. The lowest BCUT2D eigenvalue weighted by molar-refractivity contribution is 0.0864. The molecule has 0 atom stereocenters. The molecule has 17 heavy (non-hydrogen) atoms. The van der Waals surface area contributed by atoms with Gasteiger partial charge in [-0.25, -0.2) is 5.48 Å². The third-order valence-corrected chi connectivity index (χ3v) is 2.13. The lowest BCUT2D eigenvalue weighted by Crippen LogP contribution is -2.39. The van der Waals surface area contributed by atoms with E-state index in [0.29, 0.717) is 6.61 Å². The van der Waals surface area contributed by atoms with E-state index in [9.17, 15) is 0 Å². The summed E-state index contributed by atoms with van der Waals surface area (Å²) in [4.78, 5) is 13.2. The zero-order valence-electron chi connectivity index (χ0n) is 10.2. The summed E-state index contributed by atoms with van der Waals surface area (Å²) in [7, 11) is 0. The average molecular weight is 245 g/mol. The Kier molecular flexibility index (Phi) is 9.90. The molecule has 4 N–H and O–H groups in total. The van der Waals surface area contributed by atoms with Crippen LogP contribution >= 0.6 is 0 Å². The lowest BCUT2D eigenvalue weighted by atomic mass is 10.4. The van der Waals surface area contributed by atoms with E-state index in [2.05, 4.69) is 31.4 Å². The Hall–Kier alpha value is -0.730. The molecule has 0 saturated carbocycles. The van der Waals surface area contributed by atoms with E-state index in [1.54, 1.807) is 6.34 Å². The maximum Gasteiger partial charge on any atom is 0.107 e. The first kappa shape index (κ1) is 14.3. The van der Waals surface area contributed by atoms with E-state index < -0.39 is 0 Å². The summed E-state index contributed by atoms with van der Waals surface area (Å²) in [5, 5.41) is 6.44. The third-order valence-electron chi connectivity index (χ3n) is 2.13. The van der Waals surface area contributed by atoms with Crippen molar-refractivity contribution in [2.24, 2.45) is 4.99 Å². The van der Waals surface area contributed by atoms with E-state index >= 15 is 0 Å². The highest BCUT2D eigenvalue weighted by Crippen LogP contribution is 1.83. The predicted octanol–water partition coefficient (Wildman–Crippen LogP) is -1.36. The molecule has 0 spiro atoms. The van der Waals surface area contributed by atoms with E-state index in [1.807, 2.05) is 0 Å². The summed E-state index contributed by atoms with van der Waals surface area (Å²) in [6, 6.07) is 0. The van der Waals surface area contributed by atoms with Crippen molar-refractivity contribution in [3.8, 4) is 0 Å². The van der Waals surface area contributed by atoms with Crippen LogP contribution in [0.25, 0.3) is 0 Å². The fourth-order valence-electron chi connectivity index (χ4n) is 1.26. The standard InChI is InChI=1S/C4H10N2.C3H6N2O.C3H7NO/c1-2-6-4-3-5-1;1-2-6-5-3-4-1;1-2-4-5-3-1/h5-6H,1-4H2;3H,1-2H2,(H,4,5);4H,1-3H2. The number of hydrogen-bond donors (Lipinski definition) is 4. The van der Waals surface area contributed by atoms with Crippen molar-refractivity contribution in [1.29, 1.82) is 0 Å². The number of nitrogens with zero attached hydrogens (tertiary/aromatic N) is 1. The maximum atomic E-state index is 4.69. The molecule has 3 aliphatic rings. The summed E-state index contributed by atoms with van der Waals surface area (Å²) in [5.74, 6) is 0. The Morgan fingerprint density at radius 3 is 1.82 bits per heavy atom. The van der Waals surface area contributed by atoms with Gasteiger partial charge in [0.05, 0.1) is 19.8 Å². The second-order valence-corrected chi connectivity index (χ2v) is 3.60. The van der Waals surface area contributed by atoms with Crippen molar-refractivity contribution in [2.45, 2.75) is 6.42 Å². The Labute approximate surface area is 102 Å². The van der Waals surface area contributed by atoms with Gasteiger partial charge in [0.2, 0.25) is 0 Å². The van der Waals surface area contributed by atoms with Gasteiger partial charge in [0.1, 0.15) is 6.34 Å². The van der Waals surface area contributed by atoms with E-state index in [1.165, 1.54) is 6.42 Å². The van der Waals surface area contributed by atoms with E-state index in [0.717, 1.165) is 45.9 Å². The summed E-state index contributed by atoms with van der Waals surface area (Å²) >= 11 is 0. The number of hydrogen-bond acceptors (Lipinski definition) is 7. The highest BCUT2D eigenvalue weighted by molar-refractivity contribution is 5.52. The Bertz CT molecular complexity index is 156. The van der Waals surface area contributed by atoms with Crippen LogP contribution in [0.4, 0.5) is 0 Å². The molecule has 3 aliphatic heterocycles. The summed E-state index contributed by atoms with van der Waals surface area (Å²) in [6.07, 6.45) is 2.71. The number of aliphatic imine (C=N–C) groups is 1. The molecule has 7 nitrogen and oxygen atoms in total. The van der Waals surface area contributed by atoms with Crippen LogP contribution in [0.3, 0.4) is 0 Å². The van der Waals surface area contributed by atoms with Crippen LogP contribution in [0.2, 0.25) is 0 Å². The highest BCUT2D eigenvalue weighted by atomic mass is 16.7. The van der Waals surface area contributed by atoms with Crippen molar-refractivity contribution in [3.63, 3.8) is 0 Å². The van der Waals surface area contributed by atoms with Gasteiger partial charge in [-0.1, -0.05) is 0 Å². The number of nitrogens with one attached hydrogen (secondary N) is 4. The molecule has 0 aliphatic carbocycles. The van der Waals surface area contributed by atoms with Crippen LogP contribution < -0.4 is 21.6 Å². The van der Waals surface area contributed by atoms with Crippen LogP contribution in [-0.2, 0) is 9.68 Å². The maximum absolute atomic E-state index is 4.69. The highest BCUT2D eigenvalue weighted by Gasteiger charge is 1.93. The molecule has 0 amide bonds. The Morgan fingerprint density at radius 2 is 1.65 bits per heavy atom. The summed E-state index contributed by atoms with van der Waals surface area (Å²) in [6.45, 7) is 7.95.